The van der Waals surface area contributed by atoms with E-state index in [-0.39, 0.29) is 19.7 Å². The van der Waals surface area contributed by atoms with Crippen molar-refractivity contribution in [3.05, 3.63) is 21.9 Å². The molecule has 1 fully saturated rings. The van der Waals surface area contributed by atoms with E-state index >= 15 is 0 Å². The van der Waals surface area contributed by atoms with E-state index in [9.17, 15) is 14.4 Å². The van der Waals surface area contributed by atoms with E-state index < -0.39 is 18.2 Å². The fourth-order valence-electron chi connectivity index (χ4n) is 1.86. The second-order valence-electron chi connectivity index (χ2n) is 4.15. The first-order chi connectivity index (χ1) is 10.0. The van der Waals surface area contributed by atoms with Crippen molar-refractivity contribution in [1.29, 1.82) is 0 Å². The minimum Gasteiger partial charge on any atom is -0.465 e. The Balaban J connectivity index is 2.00. The quantitative estimate of drug-likeness (QED) is 0.844. The van der Waals surface area contributed by atoms with Crippen LogP contribution in [0.25, 0.3) is 0 Å². The Morgan fingerprint density at radius 1 is 1.48 bits per heavy atom. The molecule has 0 radical (unpaired) electrons. The molecule has 0 saturated carbocycles. The number of esters is 1. The number of ether oxygens (including phenoxy) is 2. The molecule has 2 rings (SSSR count). The fraction of sp³-hybridized carbons (Fsp3) is 0.417. The van der Waals surface area contributed by atoms with Crippen LogP contribution >= 0.6 is 11.3 Å². The summed E-state index contributed by atoms with van der Waals surface area (Å²) in [6.07, 6.45) is -1.47. The monoisotopic (exact) mass is 314 g/mol. The lowest BCUT2D eigenvalue weighted by molar-refractivity contribution is -0.0517. The predicted octanol–water partition coefficient (Wildman–Crippen LogP) is 1.42. The van der Waals surface area contributed by atoms with Gasteiger partial charge >= 0.3 is 18.2 Å². The number of cyclic esters (lactones) is 1. The minimum atomic E-state index is -1.20. The Bertz CT molecular complexity index is 558. The highest BCUT2D eigenvalue weighted by Gasteiger charge is 2.31. The Morgan fingerprint density at radius 3 is 2.90 bits per heavy atom. The van der Waals surface area contributed by atoms with Gasteiger partial charge < -0.3 is 14.6 Å². The first kappa shape index (κ1) is 15.1. The molecule has 0 aromatic carbocycles. The molecule has 1 aliphatic rings. The molecule has 2 amide bonds. The summed E-state index contributed by atoms with van der Waals surface area (Å²) < 4.78 is 9.44. The zero-order valence-electron chi connectivity index (χ0n) is 11.3. The fourth-order valence-corrected chi connectivity index (χ4v) is 2.78. The highest BCUT2D eigenvalue weighted by Crippen LogP contribution is 2.19. The molecule has 21 heavy (non-hydrogen) atoms. The van der Waals surface area contributed by atoms with Gasteiger partial charge in [-0.3, -0.25) is 0 Å². The second kappa shape index (κ2) is 6.44. The summed E-state index contributed by atoms with van der Waals surface area (Å²) in [7, 11) is 1.30. The normalized spacial score (nSPS) is 14.8. The summed E-state index contributed by atoms with van der Waals surface area (Å²) in [6.45, 7) is 0.318. The summed E-state index contributed by atoms with van der Waals surface area (Å²) in [6, 6.07) is 3.38. The van der Waals surface area contributed by atoms with Crippen LogP contribution in [0.2, 0.25) is 0 Å². The van der Waals surface area contributed by atoms with Crippen LogP contribution in [0, 0.1) is 0 Å². The summed E-state index contributed by atoms with van der Waals surface area (Å²) >= 11 is 1.25. The third-order valence-electron chi connectivity index (χ3n) is 2.87. The lowest BCUT2D eigenvalue weighted by Gasteiger charge is -2.35. The van der Waals surface area contributed by atoms with Crippen LogP contribution in [0.1, 0.15) is 14.5 Å². The zero-order valence-corrected chi connectivity index (χ0v) is 12.1. The summed E-state index contributed by atoms with van der Waals surface area (Å²) in [5.41, 5.74) is 0. The van der Waals surface area contributed by atoms with Crippen molar-refractivity contribution in [2.45, 2.75) is 6.42 Å². The standard InChI is InChI=1S/C12H14N2O6S/c1-19-10(15)9-3-2-8(21-9)4-5-14-12(18)20-7-6-13(14)11(16)17/h2-3H,4-7H2,1H3,(H,16,17). The maximum absolute atomic E-state index is 11.6. The number of rotatable bonds is 4. The molecule has 0 spiro atoms. The molecular weight excluding hydrogens is 300 g/mol. The van der Waals surface area contributed by atoms with Crippen LogP contribution in [0.15, 0.2) is 12.1 Å². The van der Waals surface area contributed by atoms with Gasteiger partial charge in [-0.25, -0.2) is 24.4 Å². The van der Waals surface area contributed by atoms with E-state index in [2.05, 4.69) is 4.74 Å². The molecule has 8 nitrogen and oxygen atoms in total. The van der Waals surface area contributed by atoms with Crippen molar-refractivity contribution < 1.29 is 29.0 Å². The third kappa shape index (κ3) is 3.43. The molecular formula is C12H14N2O6S. The molecule has 114 valence electrons. The number of amides is 2. The molecule has 1 aromatic heterocycles. The van der Waals surface area contributed by atoms with Crippen LogP contribution in [-0.4, -0.2) is 60.1 Å². The number of thiophene rings is 1. The molecule has 1 N–H and O–H groups in total. The average molecular weight is 314 g/mol. The van der Waals surface area contributed by atoms with Gasteiger partial charge in [0, 0.05) is 11.3 Å². The topological polar surface area (TPSA) is 96.4 Å². The largest absolute Gasteiger partial charge is 0.465 e. The molecule has 1 saturated heterocycles. The van der Waals surface area contributed by atoms with Crippen LogP contribution in [0.5, 0.6) is 0 Å². The van der Waals surface area contributed by atoms with Gasteiger partial charge in [-0.1, -0.05) is 0 Å². The van der Waals surface area contributed by atoms with Gasteiger partial charge in [0.2, 0.25) is 0 Å². The average Bonchev–Trinajstić information content (AvgIpc) is 2.93. The van der Waals surface area contributed by atoms with Gasteiger partial charge in [-0.15, -0.1) is 11.3 Å². The highest BCUT2D eigenvalue weighted by atomic mass is 32.1. The molecule has 0 atom stereocenters. The van der Waals surface area contributed by atoms with Gasteiger partial charge in [0.25, 0.3) is 0 Å². The summed E-state index contributed by atoms with van der Waals surface area (Å²) in [5, 5.41) is 11.0. The summed E-state index contributed by atoms with van der Waals surface area (Å²) in [5.74, 6) is -0.421. The molecule has 1 aliphatic heterocycles. The van der Waals surface area contributed by atoms with Gasteiger partial charge in [-0.05, 0) is 12.1 Å². The molecule has 0 aliphatic carbocycles. The highest BCUT2D eigenvalue weighted by molar-refractivity contribution is 7.13. The SMILES string of the molecule is COC(=O)c1ccc(CCN2C(=O)OCCN2C(=O)O)s1. The van der Waals surface area contributed by atoms with E-state index in [1.807, 2.05) is 0 Å². The number of carboxylic acid groups (broad SMARTS) is 1. The minimum absolute atomic E-state index is 0.0487. The number of carbonyl (C=O) groups excluding carboxylic acids is 2. The van der Waals surface area contributed by atoms with Crippen molar-refractivity contribution in [2.75, 3.05) is 26.8 Å². The Hall–Kier alpha value is -2.29. The number of hydrazine groups is 1. The number of hydrogen-bond donors (Lipinski definition) is 1. The lowest BCUT2D eigenvalue weighted by atomic mass is 10.3. The Morgan fingerprint density at radius 2 is 2.24 bits per heavy atom. The van der Waals surface area contributed by atoms with Crippen molar-refractivity contribution in [3.63, 3.8) is 0 Å². The van der Waals surface area contributed by atoms with Gasteiger partial charge in [0.1, 0.15) is 11.5 Å². The molecule has 0 bridgehead atoms. The number of carbonyl (C=O) groups is 3. The predicted molar refractivity (Wildman–Crippen MR) is 72.1 cm³/mol. The van der Waals surface area contributed by atoms with Gasteiger partial charge in [-0.2, -0.15) is 0 Å². The number of methoxy groups -OCH3 is 1. The van der Waals surface area contributed by atoms with Crippen LogP contribution in [-0.2, 0) is 15.9 Å². The Kier molecular flexibility index (Phi) is 4.63. The summed E-state index contributed by atoms with van der Waals surface area (Å²) in [4.78, 5) is 35.3. The van der Waals surface area contributed by atoms with Crippen molar-refractivity contribution in [3.8, 4) is 0 Å². The third-order valence-corrected chi connectivity index (χ3v) is 3.99. The Labute approximate surface area is 124 Å². The van der Waals surface area contributed by atoms with E-state index in [1.54, 1.807) is 12.1 Å². The van der Waals surface area contributed by atoms with Crippen LogP contribution in [0.3, 0.4) is 0 Å². The van der Waals surface area contributed by atoms with E-state index in [4.69, 9.17) is 9.84 Å². The van der Waals surface area contributed by atoms with E-state index in [1.165, 1.54) is 18.4 Å². The van der Waals surface area contributed by atoms with Crippen molar-refractivity contribution in [1.82, 2.24) is 10.0 Å². The second-order valence-corrected chi connectivity index (χ2v) is 5.32. The number of nitrogens with zero attached hydrogens (tertiary/aromatic N) is 2. The molecule has 2 heterocycles. The lowest BCUT2D eigenvalue weighted by Crippen LogP contribution is -2.55. The van der Waals surface area contributed by atoms with Crippen molar-refractivity contribution >= 4 is 29.5 Å². The van der Waals surface area contributed by atoms with E-state index in [0.717, 1.165) is 14.9 Å². The molecule has 1 aromatic rings. The van der Waals surface area contributed by atoms with Crippen LogP contribution < -0.4 is 0 Å². The zero-order chi connectivity index (χ0) is 15.4. The smallest absolute Gasteiger partial charge is 0.429 e. The van der Waals surface area contributed by atoms with Gasteiger partial charge in [0.05, 0.1) is 20.2 Å². The van der Waals surface area contributed by atoms with Crippen LogP contribution in [0.4, 0.5) is 9.59 Å². The van der Waals surface area contributed by atoms with Gasteiger partial charge in [0.15, 0.2) is 0 Å². The first-order valence-corrected chi connectivity index (χ1v) is 6.96. The maximum atomic E-state index is 11.6. The van der Waals surface area contributed by atoms with Crippen molar-refractivity contribution in [2.24, 2.45) is 0 Å². The molecule has 9 heteroatoms. The molecule has 0 unspecified atom stereocenters. The first-order valence-electron chi connectivity index (χ1n) is 6.14. The maximum Gasteiger partial charge on any atom is 0.429 e. The number of hydrogen-bond acceptors (Lipinski definition) is 6. The van der Waals surface area contributed by atoms with E-state index in [0.29, 0.717) is 11.3 Å².